The maximum Gasteiger partial charge on any atom is 0.329 e. The highest BCUT2D eigenvalue weighted by Gasteiger charge is 2.39. The number of nitrogens with one attached hydrogen (secondary N) is 1. The number of carboxylic acid groups (broad SMARTS) is 1. The van der Waals surface area contributed by atoms with E-state index < -0.39 is 29.5 Å². The van der Waals surface area contributed by atoms with Crippen LogP contribution in [0.3, 0.4) is 0 Å². The molecule has 7 nitrogen and oxygen atoms in total. The molecule has 8 heteroatoms. The first-order valence-electron chi connectivity index (χ1n) is 6.28. The molecule has 0 aliphatic rings. The summed E-state index contributed by atoms with van der Waals surface area (Å²) in [6.45, 7) is 4.83. The van der Waals surface area contributed by atoms with Gasteiger partial charge in [0.25, 0.3) is 0 Å². The Morgan fingerprint density at radius 3 is 2.30 bits per heavy atom. The van der Waals surface area contributed by atoms with Gasteiger partial charge in [-0.05, 0) is 39.2 Å². The molecular weight excluding hydrogens is 282 g/mol. The maximum atomic E-state index is 12.4. The van der Waals surface area contributed by atoms with Crippen molar-refractivity contribution in [3.8, 4) is 0 Å². The lowest BCUT2D eigenvalue weighted by Gasteiger charge is -2.36. The maximum absolute atomic E-state index is 12.4. The van der Waals surface area contributed by atoms with E-state index in [1.165, 1.54) is 30.5 Å². The van der Waals surface area contributed by atoms with Gasteiger partial charge in [-0.3, -0.25) is 4.79 Å². The summed E-state index contributed by atoms with van der Waals surface area (Å²) in [7, 11) is 0. The number of likely N-dealkylation sites (N-methyl/N-ethyl adjacent to an activating group) is 1. The largest absolute Gasteiger partial charge is 0.480 e. The number of amides is 3. The molecule has 3 amide bonds. The van der Waals surface area contributed by atoms with E-state index in [0.717, 1.165) is 0 Å². The summed E-state index contributed by atoms with van der Waals surface area (Å²) in [4.78, 5) is 35.9. The van der Waals surface area contributed by atoms with Gasteiger partial charge >= 0.3 is 12.0 Å². The minimum atomic E-state index is -1.34. The fourth-order valence-electron chi connectivity index (χ4n) is 1.79. The third-order valence-corrected chi connectivity index (χ3v) is 3.65. The second-order valence-electron chi connectivity index (χ2n) is 4.79. The molecule has 0 saturated heterocycles. The van der Waals surface area contributed by atoms with Crippen LogP contribution in [0.5, 0.6) is 0 Å². The van der Waals surface area contributed by atoms with Crippen LogP contribution in [-0.2, 0) is 9.59 Å². The molecule has 0 aromatic heterocycles. The van der Waals surface area contributed by atoms with Crippen molar-refractivity contribution in [1.82, 2.24) is 10.2 Å². The van der Waals surface area contributed by atoms with Gasteiger partial charge in [-0.15, -0.1) is 0 Å². The third-order valence-electron chi connectivity index (χ3n) is 3.01. The number of aliphatic carboxylic acids is 1. The number of primary amides is 1. The zero-order chi connectivity index (χ0) is 15.9. The zero-order valence-electron chi connectivity index (χ0n) is 12.3. The number of nitrogens with two attached hydrogens (primary N) is 1. The lowest BCUT2D eigenvalue weighted by atomic mass is 10.0. The molecule has 0 fully saturated rings. The van der Waals surface area contributed by atoms with E-state index in [1.54, 1.807) is 6.92 Å². The number of hydrogen-bond donors (Lipinski definition) is 3. The number of urea groups is 1. The molecule has 0 heterocycles. The average Bonchev–Trinajstić information content (AvgIpc) is 2.34. The molecule has 0 aliphatic heterocycles. The molecule has 0 bridgehead atoms. The van der Waals surface area contributed by atoms with E-state index in [-0.39, 0.29) is 6.54 Å². The van der Waals surface area contributed by atoms with E-state index in [4.69, 9.17) is 5.73 Å². The van der Waals surface area contributed by atoms with Crippen LogP contribution >= 0.6 is 11.8 Å². The van der Waals surface area contributed by atoms with E-state index in [2.05, 4.69) is 5.32 Å². The second kappa shape index (κ2) is 7.98. The fourth-order valence-corrected chi connectivity index (χ4v) is 2.27. The minimum Gasteiger partial charge on any atom is -0.480 e. The Balaban J connectivity index is 5.17. The molecule has 0 spiro atoms. The van der Waals surface area contributed by atoms with Crippen LogP contribution in [0.25, 0.3) is 0 Å². The monoisotopic (exact) mass is 305 g/mol. The SMILES string of the molecule is CCN(C(=O)C(CCSC)NC(N)=O)C(C)(C)C(=O)O. The number of carbonyl (C=O) groups is 3. The molecule has 0 aromatic carbocycles. The quantitative estimate of drug-likeness (QED) is 0.604. The summed E-state index contributed by atoms with van der Waals surface area (Å²) < 4.78 is 0. The van der Waals surface area contributed by atoms with Gasteiger partial charge in [0.05, 0.1) is 0 Å². The van der Waals surface area contributed by atoms with Gasteiger partial charge in [0.1, 0.15) is 11.6 Å². The summed E-state index contributed by atoms with van der Waals surface area (Å²) in [5, 5.41) is 11.6. The van der Waals surface area contributed by atoms with Crippen LogP contribution in [0.1, 0.15) is 27.2 Å². The van der Waals surface area contributed by atoms with Crippen molar-refractivity contribution in [1.29, 1.82) is 0 Å². The Morgan fingerprint density at radius 2 is 1.95 bits per heavy atom. The molecule has 1 atom stereocenters. The molecule has 0 aromatic rings. The van der Waals surface area contributed by atoms with Gasteiger partial charge in [0, 0.05) is 6.54 Å². The summed E-state index contributed by atoms with van der Waals surface area (Å²) in [5.41, 5.74) is 3.72. The summed E-state index contributed by atoms with van der Waals surface area (Å²) >= 11 is 1.53. The van der Waals surface area contributed by atoms with Crippen molar-refractivity contribution in [2.45, 2.75) is 38.8 Å². The molecule has 20 heavy (non-hydrogen) atoms. The Morgan fingerprint density at radius 1 is 1.40 bits per heavy atom. The number of hydrogen-bond acceptors (Lipinski definition) is 4. The van der Waals surface area contributed by atoms with Crippen molar-refractivity contribution in [3.63, 3.8) is 0 Å². The van der Waals surface area contributed by atoms with Crippen LogP contribution < -0.4 is 11.1 Å². The first-order chi connectivity index (χ1) is 9.18. The van der Waals surface area contributed by atoms with Crippen LogP contribution in [0, 0.1) is 0 Å². The summed E-state index contributed by atoms with van der Waals surface area (Å²) in [6.07, 6.45) is 2.28. The highest BCUT2D eigenvalue weighted by atomic mass is 32.2. The Labute approximate surface area is 123 Å². The van der Waals surface area contributed by atoms with Gasteiger partial charge in [-0.1, -0.05) is 0 Å². The predicted octanol–water partition coefficient (Wildman–Crippen LogP) is 0.488. The Bertz CT molecular complexity index is 374. The third kappa shape index (κ3) is 4.92. The number of rotatable bonds is 8. The molecule has 0 aliphatic carbocycles. The van der Waals surface area contributed by atoms with Crippen molar-refractivity contribution >= 4 is 29.7 Å². The lowest BCUT2D eigenvalue weighted by Crippen LogP contribution is -2.59. The van der Waals surface area contributed by atoms with E-state index >= 15 is 0 Å². The van der Waals surface area contributed by atoms with Crippen LogP contribution in [0.2, 0.25) is 0 Å². The minimum absolute atomic E-state index is 0.230. The summed E-state index contributed by atoms with van der Waals surface area (Å²) in [5.74, 6) is -0.884. The van der Waals surface area contributed by atoms with Gasteiger partial charge < -0.3 is 21.1 Å². The van der Waals surface area contributed by atoms with Gasteiger partial charge in [-0.2, -0.15) is 11.8 Å². The highest BCUT2D eigenvalue weighted by Crippen LogP contribution is 2.17. The molecule has 0 radical (unpaired) electrons. The van der Waals surface area contributed by atoms with Gasteiger partial charge in [-0.25, -0.2) is 9.59 Å². The molecule has 0 saturated carbocycles. The first-order valence-corrected chi connectivity index (χ1v) is 7.67. The molecule has 4 N–H and O–H groups in total. The number of nitrogens with zero attached hydrogens (tertiary/aromatic N) is 1. The average molecular weight is 305 g/mol. The Kier molecular flexibility index (Phi) is 7.41. The molecule has 1 unspecified atom stereocenters. The van der Waals surface area contributed by atoms with Crippen LogP contribution in [0.4, 0.5) is 4.79 Å². The number of thioether (sulfide) groups is 1. The van der Waals surface area contributed by atoms with Crippen molar-refractivity contribution in [2.24, 2.45) is 5.73 Å². The van der Waals surface area contributed by atoms with Crippen molar-refractivity contribution in [2.75, 3.05) is 18.6 Å². The highest BCUT2D eigenvalue weighted by molar-refractivity contribution is 7.98. The van der Waals surface area contributed by atoms with Crippen molar-refractivity contribution < 1.29 is 19.5 Å². The standard InChI is InChI=1S/C12H23N3O4S/c1-5-15(12(2,3)10(17)18)9(16)8(6-7-20-4)14-11(13)19/h8H,5-7H2,1-4H3,(H,17,18)(H3,13,14,19). The van der Waals surface area contributed by atoms with E-state index in [1.807, 2.05) is 6.26 Å². The topological polar surface area (TPSA) is 113 Å². The summed E-state index contributed by atoms with van der Waals surface area (Å²) in [6, 6.07) is -1.60. The zero-order valence-corrected chi connectivity index (χ0v) is 13.1. The van der Waals surface area contributed by atoms with Gasteiger partial charge in [0.2, 0.25) is 5.91 Å². The van der Waals surface area contributed by atoms with E-state index in [0.29, 0.717) is 12.2 Å². The molecule has 116 valence electrons. The van der Waals surface area contributed by atoms with Crippen molar-refractivity contribution in [3.05, 3.63) is 0 Å². The Hall–Kier alpha value is -1.44. The fraction of sp³-hybridized carbons (Fsp3) is 0.750. The smallest absolute Gasteiger partial charge is 0.329 e. The first kappa shape index (κ1) is 18.6. The lowest BCUT2D eigenvalue weighted by molar-refractivity contribution is -0.157. The predicted molar refractivity (Wildman–Crippen MR) is 78.6 cm³/mol. The van der Waals surface area contributed by atoms with Gasteiger partial charge in [0.15, 0.2) is 0 Å². The van der Waals surface area contributed by atoms with Crippen LogP contribution in [0.15, 0.2) is 0 Å². The number of carbonyl (C=O) groups excluding carboxylic acids is 2. The van der Waals surface area contributed by atoms with Crippen LogP contribution in [-0.4, -0.2) is 58.0 Å². The normalized spacial score (nSPS) is 12.6. The van der Waals surface area contributed by atoms with E-state index in [9.17, 15) is 19.5 Å². The molecular formula is C12H23N3O4S. The number of carboxylic acids is 1. The molecule has 0 rings (SSSR count). The second-order valence-corrected chi connectivity index (χ2v) is 5.77.